The first kappa shape index (κ1) is 12.8. The van der Waals surface area contributed by atoms with Crippen molar-refractivity contribution in [1.29, 1.82) is 0 Å². The van der Waals surface area contributed by atoms with Crippen LogP contribution < -0.4 is 0 Å². The van der Waals surface area contributed by atoms with Gasteiger partial charge in [0.2, 0.25) is 0 Å². The van der Waals surface area contributed by atoms with Crippen LogP contribution in [-0.2, 0) is 0 Å². The Kier molecular flexibility index (Phi) is 6.05. The number of hydrogen-bond acceptors (Lipinski definition) is 0. The lowest BCUT2D eigenvalue weighted by atomic mass is 9.76. The lowest BCUT2D eigenvalue weighted by molar-refractivity contribution is 0.358. The van der Waals surface area contributed by atoms with E-state index in [9.17, 15) is 0 Å². The van der Waals surface area contributed by atoms with Gasteiger partial charge in [0.05, 0.1) is 0 Å². The topological polar surface area (TPSA) is 0 Å². The predicted molar refractivity (Wildman–Crippen MR) is 69.0 cm³/mol. The summed E-state index contributed by atoms with van der Waals surface area (Å²) in [6.45, 7) is 8.93. The van der Waals surface area contributed by atoms with E-state index in [-0.39, 0.29) is 0 Å². The van der Waals surface area contributed by atoms with E-state index in [2.05, 4.69) is 20.4 Å². The second-order valence-electron chi connectivity index (χ2n) is 5.31. The fourth-order valence-electron chi connectivity index (χ4n) is 2.77. The van der Waals surface area contributed by atoms with E-state index in [0.29, 0.717) is 0 Å². The highest BCUT2D eigenvalue weighted by Gasteiger charge is 2.21. The molecule has 0 aromatic carbocycles. The van der Waals surface area contributed by atoms with Gasteiger partial charge in [-0.25, -0.2) is 0 Å². The van der Waals surface area contributed by atoms with Gasteiger partial charge in [0.1, 0.15) is 0 Å². The van der Waals surface area contributed by atoms with Crippen molar-refractivity contribution >= 4 is 0 Å². The maximum Gasteiger partial charge on any atom is -0.0203 e. The Labute approximate surface area is 96.2 Å². The quantitative estimate of drug-likeness (QED) is 0.408. The molecule has 0 spiro atoms. The summed E-state index contributed by atoms with van der Waals surface area (Å²) in [7, 11) is 0. The lowest BCUT2D eigenvalue weighted by Crippen LogP contribution is -2.16. The van der Waals surface area contributed by atoms with Gasteiger partial charge < -0.3 is 0 Å². The van der Waals surface area contributed by atoms with Gasteiger partial charge in [-0.2, -0.15) is 0 Å². The first-order valence-corrected chi connectivity index (χ1v) is 6.94. The molecule has 0 N–H and O–H groups in total. The standard InChI is InChI=1S/C15H28/c1-4-5-6-7-8-11-15-12-9-10-13(2)14(15)3/h13,15H,3-12H2,1-2H3. The number of allylic oxidation sites excluding steroid dienone is 1. The van der Waals surface area contributed by atoms with Gasteiger partial charge in [0.15, 0.2) is 0 Å². The molecule has 88 valence electrons. The van der Waals surface area contributed by atoms with E-state index in [1.165, 1.54) is 57.8 Å². The molecular formula is C15H28. The van der Waals surface area contributed by atoms with Gasteiger partial charge in [0.25, 0.3) is 0 Å². The van der Waals surface area contributed by atoms with Crippen LogP contribution in [0.5, 0.6) is 0 Å². The van der Waals surface area contributed by atoms with Gasteiger partial charge in [-0.3, -0.25) is 0 Å². The summed E-state index contributed by atoms with van der Waals surface area (Å²) < 4.78 is 0. The van der Waals surface area contributed by atoms with Gasteiger partial charge in [0, 0.05) is 0 Å². The van der Waals surface area contributed by atoms with Crippen LogP contribution in [0.25, 0.3) is 0 Å². The van der Waals surface area contributed by atoms with E-state index in [4.69, 9.17) is 0 Å². The second kappa shape index (κ2) is 7.09. The molecular weight excluding hydrogens is 180 g/mol. The van der Waals surface area contributed by atoms with Crippen molar-refractivity contribution in [3.63, 3.8) is 0 Å². The molecule has 0 heteroatoms. The van der Waals surface area contributed by atoms with Crippen LogP contribution in [-0.4, -0.2) is 0 Å². The molecule has 0 radical (unpaired) electrons. The normalized spacial score (nSPS) is 26.9. The first-order valence-electron chi connectivity index (χ1n) is 6.94. The zero-order valence-corrected chi connectivity index (χ0v) is 10.7. The highest BCUT2D eigenvalue weighted by atomic mass is 14.3. The van der Waals surface area contributed by atoms with Crippen molar-refractivity contribution in [3.8, 4) is 0 Å². The highest BCUT2D eigenvalue weighted by Crippen LogP contribution is 2.35. The Morgan fingerprint density at radius 2 is 1.87 bits per heavy atom. The molecule has 0 nitrogen and oxygen atoms in total. The summed E-state index contributed by atoms with van der Waals surface area (Å²) in [5.41, 5.74) is 1.55. The van der Waals surface area contributed by atoms with Crippen molar-refractivity contribution in [2.45, 2.75) is 71.6 Å². The fourth-order valence-corrected chi connectivity index (χ4v) is 2.77. The SMILES string of the molecule is C=C1C(C)CCCC1CCCCCCC. The number of rotatable bonds is 6. The van der Waals surface area contributed by atoms with E-state index in [1.807, 2.05) is 0 Å². The monoisotopic (exact) mass is 208 g/mol. The molecule has 15 heavy (non-hydrogen) atoms. The molecule has 0 heterocycles. The van der Waals surface area contributed by atoms with Crippen molar-refractivity contribution in [1.82, 2.24) is 0 Å². The Morgan fingerprint density at radius 1 is 1.13 bits per heavy atom. The molecule has 2 atom stereocenters. The van der Waals surface area contributed by atoms with Crippen LogP contribution in [0, 0.1) is 11.8 Å². The third kappa shape index (κ3) is 4.40. The van der Waals surface area contributed by atoms with Crippen LogP contribution in [0.3, 0.4) is 0 Å². The Hall–Kier alpha value is -0.260. The average molecular weight is 208 g/mol. The van der Waals surface area contributed by atoms with E-state index in [1.54, 1.807) is 5.57 Å². The summed E-state index contributed by atoms with van der Waals surface area (Å²) in [6.07, 6.45) is 12.7. The molecule has 1 fully saturated rings. The Morgan fingerprint density at radius 3 is 2.60 bits per heavy atom. The molecule has 0 amide bonds. The molecule has 0 aliphatic heterocycles. The fraction of sp³-hybridized carbons (Fsp3) is 0.867. The summed E-state index contributed by atoms with van der Waals surface area (Å²) in [4.78, 5) is 0. The molecule has 0 saturated heterocycles. The van der Waals surface area contributed by atoms with Gasteiger partial charge in [-0.05, 0) is 31.1 Å². The molecule has 1 saturated carbocycles. The zero-order chi connectivity index (χ0) is 11.1. The largest absolute Gasteiger partial charge is 0.0993 e. The third-order valence-corrected chi connectivity index (χ3v) is 4.00. The molecule has 1 aliphatic carbocycles. The van der Waals surface area contributed by atoms with Crippen molar-refractivity contribution in [3.05, 3.63) is 12.2 Å². The van der Waals surface area contributed by atoms with Crippen molar-refractivity contribution in [2.24, 2.45) is 11.8 Å². The second-order valence-corrected chi connectivity index (χ2v) is 5.31. The minimum atomic E-state index is 0.791. The van der Waals surface area contributed by atoms with Crippen LogP contribution in [0.2, 0.25) is 0 Å². The van der Waals surface area contributed by atoms with Gasteiger partial charge in [-0.1, -0.05) is 64.5 Å². The predicted octanol–water partition coefficient (Wildman–Crippen LogP) is 5.34. The molecule has 0 bridgehead atoms. The minimum absolute atomic E-state index is 0.791. The van der Waals surface area contributed by atoms with Crippen molar-refractivity contribution < 1.29 is 0 Å². The molecule has 1 rings (SSSR count). The summed E-state index contributed by atoms with van der Waals surface area (Å²) in [6, 6.07) is 0. The number of unbranched alkanes of at least 4 members (excludes halogenated alkanes) is 4. The van der Waals surface area contributed by atoms with Crippen LogP contribution in [0.15, 0.2) is 12.2 Å². The maximum atomic E-state index is 4.29. The average Bonchev–Trinajstić information content (AvgIpc) is 2.24. The third-order valence-electron chi connectivity index (χ3n) is 4.00. The molecule has 1 aliphatic rings. The Bertz CT molecular complexity index is 180. The molecule has 0 aromatic heterocycles. The van der Waals surface area contributed by atoms with Gasteiger partial charge >= 0.3 is 0 Å². The Balaban J connectivity index is 2.12. The van der Waals surface area contributed by atoms with E-state index >= 15 is 0 Å². The smallest absolute Gasteiger partial charge is 0.0203 e. The summed E-state index contributed by atoms with van der Waals surface area (Å²) in [5, 5.41) is 0. The summed E-state index contributed by atoms with van der Waals surface area (Å²) in [5.74, 6) is 1.65. The summed E-state index contributed by atoms with van der Waals surface area (Å²) >= 11 is 0. The lowest BCUT2D eigenvalue weighted by Gasteiger charge is -2.29. The van der Waals surface area contributed by atoms with Crippen LogP contribution in [0.4, 0.5) is 0 Å². The molecule has 0 aromatic rings. The van der Waals surface area contributed by atoms with Crippen LogP contribution >= 0.6 is 0 Å². The number of hydrogen-bond donors (Lipinski definition) is 0. The van der Waals surface area contributed by atoms with Crippen molar-refractivity contribution in [2.75, 3.05) is 0 Å². The first-order chi connectivity index (χ1) is 7.25. The minimum Gasteiger partial charge on any atom is -0.0993 e. The highest BCUT2D eigenvalue weighted by molar-refractivity contribution is 5.07. The maximum absolute atomic E-state index is 4.29. The van der Waals surface area contributed by atoms with Gasteiger partial charge in [-0.15, -0.1) is 0 Å². The van der Waals surface area contributed by atoms with E-state index in [0.717, 1.165) is 11.8 Å². The van der Waals surface area contributed by atoms with E-state index < -0.39 is 0 Å². The zero-order valence-electron chi connectivity index (χ0n) is 10.7. The molecule has 2 unspecified atom stereocenters. The van der Waals surface area contributed by atoms with Crippen LogP contribution in [0.1, 0.15) is 71.6 Å².